The zero-order chi connectivity index (χ0) is 21.0. The molecule has 0 bridgehead atoms. The van der Waals surface area contributed by atoms with Gasteiger partial charge in [-0.25, -0.2) is 0 Å². The number of thioether (sulfide) groups is 1. The maximum atomic E-state index is 12.4. The second-order valence-corrected chi connectivity index (χ2v) is 7.82. The third-order valence-electron chi connectivity index (χ3n) is 4.07. The molecule has 150 valence electrons. The lowest BCUT2D eigenvalue weighted by Gasteiger charge is -2.14. The van der Waals surface area contributed by atoms with Gasteiger partial charge in [-0.05, 0) is 45.0 Å². The quantitative estimate of drug-likeness (QED) is 0.236. The minimum atomic E-state index is -0.720. The fourth-order valence-corrected chi connectivity index (χ4v) is 3.28. The number of nitrogens with zero attached hydrogens (tertiary/aromatic N) is 3. The van der Waals surface area contributed by atoms with Crippen molar-refractivity contribution in [3.8, 4) is 11.5 Å². The lowest BCUT2D eigenvalue weighted by atomic mass is 10.2. The predicted octanol–water partition coefficient (Wildman–Crippen LogP) is 4.74. The van der Waals surface area contributed by atoms with Gasteiger partial charge in [0.05, 0.1) is 4.92 Å². The van der Waals surface area contributed by atoms with Gasteiger partial charge < -0.3 is 9.15 Å². The van der Waals surface area contributed by atoms with E-state index in [-0.39, 0.29) is 17.5 Å². The molecular formula is C20H19N3O5S. The van der Waals surface area contributed by atoms with Crippen LogP contribution in [0.5, 0.6) is 0 Å². The van der Waals surface area contributed by atoms with E-state index < -0.39 is 22.2 Å². The maximum absolute atomic E-state index is 12.4. The largest absolute Gasteiger partial charge is 0.452 e. The second-order valence-electron chi connectivity index (χ2n) is 6.40. The van der Waals surface area contributed by atoms with Crippen molar-refractivity contribution in [1.82, 2.24) is 10.2 Å². The molecule has 0 saturated heterocycles. The minimum Gasteiger partial charge on any atom is -0.452 e. The molecular weight excluding hydrogens is 394 g/mol. The molecule has 2 atom stereocenters. The van der Waals surface area contributed by atoms with Crippen molar-refractivity contribution in [2.75, 3.05) is 0 Å². The molecule has 1 heterocycles. The molecule has 0 fully saturated rings. The van der Waals surface area contributed by atoms with Crippen LogP contribution in [0.25, 0.3) is 11.5 Å². The van der Waals surface area contributed by atoms with Crippen LogP contribution in [-0.4, -0.2) is 26.3 Å². The number of rotatable bonds is 7. The average Bonchev–Trinajstić information content (AvgIpc) is 3.20. The summed E-state index contributed by atoms with van der Waals surface area (Å²) in [5.74, 6) is -0.0442. The number of non-ortho nitro benzene ring substituents is 1. The molecule has 29 heavy (non-hydrogen) atoms. The van der Waals surface area contributed by atoms with E-state index in [9.17, 15) is 14.9 Å². The molecule has 3 rings (SSSR count). The summed E-state index contributed by atoms with van der Waals surface area (Å²) in [5.41, 5.74) is 1.66. The van der Waals surface area contributed by atoms with E-state index in [0.717, 1.165) is 10.5 Å². The average molecular weight is 413 g/mol. The fourth-order valence-electron chi connectivity index (χ4n) is 2.43. The van der Waals surface area contributed by atoms with Gasteiger partial charge in [0, 0.05) is 22.6 Å². The van der Waals surface area contributed by atoms with Crippen molar-refractivity contribution >= 4 is 23.4 Å². The Hall–Kier alpha value is -3.20. The van der Waals surface area contributed by atoms with Crippen LogP contribution < -0.4 is 0 Å². The Morgan fingerprint density at radius 2 is 1.76 bits per heavy atom. The Balaban J connectivity index is 1.61. The van der Waals surface area contributed by atoms with E-state index in [1.807, 2.05) is 31.2 Å². The number of esters is 1. The number of aryl methyl sites for hydroxylation is 1. The Bertz CT molecular complexity index is 1000. The fraction of sp³-hybridized carbons (Fsp3) is 0.250. The molecule has 0 spiro atoms. The third-order valence-corrected chi connectivity index (χ3v) is 5.16. The Morgan fingerprint density at radius 1 is 1.10 bits per heavy atom. The zero-order valence-corrected chi connectivity index (χ0v) is 16.9. The highest BCUT2D eigenvalue weighted by Gasteiger charge is 2.23. The van der Waals surface area contributed by atoms with Crippen molar-refractivity contribution in [2.45, 2.75) is 37.0 Å². The molecule has 1 aromatic heterocycles. The number of aromatic nitrogens is 2. The highest BCUT2D eigenvalue weighted by atomic mass is 32.2. The van der Waals surface area contributed by atoms with Crippen LogP contribution >= 0.6 is 11.8 Å². The molecule has 3 aromatic rings. The summed E-state index contributed by atoms with van der Waals surface area (Å²) in [7, 11) is 0. The second kappa shape index (κ2) is 8.87. The molecule has 0 aliphatic rings. The standard InChI is InChI=1S/C20H19N3O5S/c1-12-4-10-17(11-5-12)29-14(3)20(24)27-13(2)18-21-22-19(28-18)15-6-8-16(9-7-15)23(25)26/h4-11,13-14H,1-3H3/t13-,14+/m0/s1. The van der Waals surface area contributed by atoms with E-state index >= 15 is 0 Å². The minimum absolute atomic E-state index is 0.0316. The summed E-state index contributed by atoms with van der Waals surface area (Å²) in [5, 5.41) is 18.2. The smallest absolute Gasteiger partial charge is 0.319 e. The number of nitro benzene ring substituents is 1. The van der Waals surface area contributed by atoms with Gasteiger partial charge >= 0.3 is 5.97 Å². The summed E-state index contributed by atoms with van der Waals surface area (Å²) < 4.78 is 11.0. The summed E-state index contributed by atoms with van der Waals surface area (Å²) in [4.78, 5) is 23.6. The number of ether oxygens (including phenoxy) is 1. The van der Waals surface area contributed by atoms with E-state index in [0.29, 0.717) is 5.56 Å². The number of benzene rings is 2. The van der Waals surface area contributed by atoms with Gasteiger partial charge in [-0.2, -0.15) is 0 Å². The van der Waals surface area contributed by atoms with Gasteiger partial charge in [0.2, 0.25) is 5.89 Å². The summed E-state index contributed by atoms with van der Waals surface area (Å²) >= 11 is 1.41. The molecule has 9 heteroatoms. The van der Waals surface area contributed by atoms with Gasteiger partial charge in [-0.15, -0.1) is 22.0 Å². The first-order valence-corrected chi connectivity index (χ1v) is 9.73. The van der Waals surface area contributed by atoms with Gasteiger partial charge in [0.25, 0.3) is 11.6 Å². The van der Waals surface area contributed by atoms with Crippen LogP contribution in [0.3, 0.4) is 0 Å². The number of hydrogen-bond donors (Lipinski definition) is 0. The normalized spacial score (nSPS) is 12.9. The van der Waals surface area contributed by atoms with E-state index in [4.69, 9.17) is 9.15 Å². The number of carbonyl (C=O) groups excluding carboxylic acids is 1. The zero-order valence-electron chi connectivity index (χ0n) is 16.1. The lowest BCUT2D eigenvalue weighted by Crippen LogP contribution is -2.19. The first-order chi connectivity index (χ1) is 13.8. The van der Waals surface area contributed by atoms with E-state index in [2.05, 4.69) is 10.2 Å². The Kier molecular flexibility index (Phi) is 6.28. The van der Waals surface area contributed by atoms with Gasteiger partial charge in [-0.3, -0.25) is 14.9 Å². The SMILES string of the molecule is Cc1ccc(S[C@H](C)C(=O)O[C@@H](C)c2nnc(-c3ccc([N+](=O)[O-])cc3)o2)cc1. The Labute approximate surface area is 171 Å². The predicted molar refractivity (Wildman–Crippen MR) is 107 cm³/mol. The van der Waals surface area contributed by atoms with Crippen LogP contribution in [0, 0.1) is 17.0 Å². The van der Waals surface area contributed by atoms with Crippen LogP contribution in [0.2, 0.25) is 0 Å². The van der Waals surface area contributed by atoms with Crippen LogP contribution in [0.1, 0.15) is 31.4 Å². The van der Waals surface area contributed by atoms with Crippen molar-refractivity contribution in [3.05, 3.63) is 70.1 Å². The molecule has 0 unspecified atom stereocenters. The molecule has 0 radical (unpaired) electrons. The van der Waals surface area contributed by atoms with E-state index in [1.54, 1.807) is 13.8 Å². The highest BCUT2D eigenvalue weighted by Crippen LogP contribution is 2.27. The summed E-state index contributed by atoms with van der Waals surface area (Å²) in [6, 6.07) is 13.6. The van der Waals surface area contributed by atoms with Crippen molar-refractivity contribution in [2.24, 2.45) is 0 Å². The number of carbonyl (C=O) groups is 1. The monoisotopic (exact) mass is 413 g/mol. The van der Waals surface area contributed by atoms with Crippen LogP contribution in [-0.2, 0) is 9.53 Å². The van der Waals surface area contributed by atoms with Gasteiger partial charge in [0.15, 0.2) is 6.10 Å². The highest BCUT2D eigenvalue weighted by molar-refractivity contribution is 8.00. The first-order valence-electron chi connectivity index (χ1n) is 8.85. The molecule has 2 aromatic carbocycles. The lowest BCUT2D eigenvalue weighted by molar-refractivity contribution is -0.384. The summed E-state index contributed by atoms with van der Waals surface area (Å²) in [6.07, 6.45) is -0.720. The van der Waals surface area contributed by atoms with Crippen molar-refractivity contribution in [3.63, 3.8) is 0 Å². The molecule has 8 nitrogen and oxygen atoms in total. The molecule has 0 aliphatic heterocycles. The van der Waals surface area contributed by atoms with E-state index in [1.165, 1.54) is 36.0 Å². The molecule has 0 N–H and O–H groups in total. The maximum Gasteiger partial charge on any atom is 0.319 e. The summed E-state index contributed by atoms with van der Waals surface area (Å²) in [6.45, 7) is 5.42. The van der Waals surface area contributed by atoms with Gasteiger partial charge in [-0.1, -0.05) is 17.7 Å². The van der Waals surface area contributed by atoms with Crippen molar-refractivity contribution in [1.29, 1.82) is 0 Å². The topological polar surface area (TPSA) is 108 Å². The third kappa shape index (κ3) is 5.20. The first kappa shape index (κ1) is 20.5. The molecule has 0 amide bonds. The molecule has 0 saturated carbocycles. The van der Waals surface area contributed by atoms with Crippen LogP contribution in [0.4, 0.5) is 5.69 Å². The Morgan fingerprint density at radius 3 is 2.38 bits per heavy atom. The number of nitro groups is 1. The van der Waals surface area contributed by atoms with Gasteiger partial charge in [0.1, 0.15) is 5.25 Å². The molecule has 0 aliphatic carbocycles. The number of hydrogen-bond acceptors (Lipinski definition) is 8. The van der Waals surface area contributed by atoms with Crippen LogP contribution in [0.15, 0.2) is 57.8 Å². The van der Waals surface area contributed by atoms with Crippen molar-refractivity contribution < 1.29 is 18.9 Å².